The maximum Gasteiger partial charge on any atom is 0.438 e. The van der Waals surface area contributed by atoms with Crippen LogP contribution in [0.15, 0.2) is 28.7 Å². The number of rotatable bonds is 4. The van der Waals surface area contributed by atoms with Crippen molar-refractivity contribution in [3.63, 3.8) is 0 Å². The third-order valence-electron chi connectivity index (χ3n) is 1.73. The van der Waals surface area contributed by atoms with E-state index in [0.29, 0.717) is 5.56 Å². The Labute approximate surface area is 98.9 Å². The first-order valence-corrected chi connectivity index (χ1v) is 5.02. The Morgan fingerprint density at radius 3 is 2.50 bits per heavy atom. The molecular formula is C9H9BrF2N2O2. The van der Waals surface area contributed by atoms with Crippen molar-refractivity contribution in [3.05, 3.63) is 34.3 Å². The molecule has 0 aliphatic heterocycles. The van der Waals surface area contributed by atoms with Gasteiger partial charge in [0.1, 0.15) is 0 Å². The first kappa shape index (κ1) is 13.0. The summed E-state index contributed by atoms with van der Waals surface area (Å²) in [4.78, 5) is 10.6. The van der Waals surface area contributed by atoms with Crippen LogP contribution in [-0.4, -0.2) is 12.0 Å². The molecule has 0 fully saturated rings. The molecule has 0 aromatic heterocycles. The van der Waals surface area contributed by atoms with Crippen molar-refractivity contribution in [2.45, 2.75) is 12.7 Å². The van der Waals surface area contributed by atoms with Gasteiger partial charge in [0.15, 0.2) is 0 Å². The summed E-state index contributed by atoms with van der Waals surface area (Å²) in [6, 6.07) is 6.56. The monoisotopic (exact) mass is 294 g/mol. The number of halogens is 3. The first-order chi connectivity index (χ1) is 7.45. The second-order valence-electron chi connectivity index (χ2n) is 2.91. The minimum atomic E-state index is -3.93. The van der Waals surface area contributed by atoms with Gasteiger partial charge in [-0.25, -0.2) is 5.84 Å². The van der Waals surface area contributed by atoms with Crippen LogP contribution < -0.4 is 11.3 Å². The standard InChI is InChI=1S/C9H9BrF2N2O2/c10-7-3-1-6(2-4-7)5-16-9(11,12)8(15)14-13/h1-4H,5,13H2,(H,14,15). The van der Waals surface area contributed by atoms with Gasteiger partial charge in [-0.15, -0.1) is 0 Å². The fraction of sp³-hybridized carbons (Fsp3) is 0.222. The van der Waals surface area contributed by atoms with Crippen LogP contribution in [0.2, 0.25) is 0 Å². The van der Waals surface area contributed by atoms with Crippen molar-refractivity contribution in [2.24, 2.45) is 5.84 Å². The van der Waals surface area contributed by atoms with Gasteiger partial charge < -0.3 is 4.74 Å². The average Bonchev–Trinajstić information content (AvgIpc) is 2.27. The van der Waals surface area contributed by atoms with Crippen molar-refractivity contribution in [1.82, 2.24) is 5.43 Å². The van der Waals surface area contributed by atoms with Crippen LogP contribution in [0, 0.1) is 0 Å². The number of nitrogens with one attached hydrogen (secondary N) is 1. The Hall–Kier alpha value is -1.05. The maximum absolute atomic E-state index is 12.9. The number of carbonyl (C=O) groups excluding carboxylic acids is 1. The number of alkyl halides is 2. The summed E-state index contributed by atoms with van der Waals surface area (Å²) in [6.07, 6.45) is -3.93. The summed E-state index contributed by atoms with van der Waals surface area (Å²) in [7, 11) is 0. The highest BCUT2D eigenvalue weighted by atomic mass is 79.9. The van der Waals surface area contributed by atoms with Crippen molar-refractivity contribution in [2.75, 3.05) is 0 Å². The number of carbonyl (C=O) groups is 1. The van der Waals surface area contributed by atoms with E-state index in [2.05, 4.69) is 26.5 Å². The summed E-state index contributed by atoms with van der Waals surface area (Å²) in [5.74, 6) is 2.90. The van der Waals surface area contributed by atoms with Crippen LogP contribution in [0.1, 0.15) is 5.56 Å². The number of ether oxygens (including phenoxy) is 1. The molecule has 1 aromatic rings. The van der Waals surface area contributed by atoms with Gasteiger partial charge in [0, 0.05) is 4.47 Å². The molecule has 3 N–H and O–H groups in total. The second kappa shape index (κ2) is 5.33. The molecule has 1 rings (SSSR count). The van der Waals surface area contributed by atoms with Gasteiger partial charge in [0.05, 0.1) is 6.61 Å². The van der Waals surface area contributed by atoms with E-state index in [1.165, 1.54) is 5.43 Å². The van der Waals surface area contributed by atoms with Crippen molar-refractivity contribution in [3.8, 4) is 0 Å². The number of benzene rings is 1. The van der Waals surface area contributed by atoms with Crippen LogP contribution in [0.5, 0.6) is 0 Å². The van der Waals surface area contributed by atoms with Gasteiger partial charge >= 0.3 is 12.0 Å². The van der Waals surface area contributed by atoms with Gasteiger partial charge in [0.2, 0.25) is 0 Å². The molecule has 0 radical (unpaired) electrons. The summed E-state index contributed by atoms with van der Waals surface area (Å²) in [5, 5.41) is 0. The van der Waals surface area contributed by atoms with E-state index in [1.54, 1.807) is 24.3 Å². The van der Waals surface area contributed by atoms with E-state index in [-0.39, 0.29) is 6.61 Å². The molecule has 0 saturated carbocycles. The van der Waals surface area contributed by atoms with Crippen molar-refractivity contribution < 1.29 is 18.3 Å². The zero-order chi connectivity index (χ0) is 12.2. The zero-order valence-corrected chi connectivity index (χ0v) is 9.63. The van der Waals surface area contributed by atoms with Gasteiger partial charge in [-0.3, -0.25) is 10.2 Å². The minimum Gasteiger partial charge on any atom is -0.308 e. The Morgan fingerprint density at radius 1 is 1.44 bits per heavy atom. The van der Waals surface area contributed by atoms with Crippen molar-refractivity contribution in [1.29, 1.82) is 0 Å². The lowest BCUT2D eigenvalue weighted by Crippen LogP contribution is -2.45. The number of nitrogens with two attached hydrogens (primary N) is 1. The summed E-state index contributed by atoms with van der Waals surface area (Å²) >= 11 is 3.20. The third-order valence-corrected chi connectivity index (χ3v) is 2.26. The molecule has 0 unspecified atom stereocenters. The lowest BCUT2D eigenvalue weighted by Gasteiger charge is -2.14. The fourth-order valence-electron chi connectivity index (χ4n) is 0.904. The molecule has 88 valence electrons. The predicted octanol–water partition coefficient (Wildman–Crippen LogP) is 1.55. The van der Waals surface area contributed by atoms with E-state index in [1.807, 2.05) is 0 Å². The lowest BCUT2D eigenvalue weighted by atomic mass is 10.2. The molecule has 0 heterocycles. The summed E-state index contributed by atoms with van der Waals surface area (Å²) < 4.78 is 30.7. The van der Waals surface area contributed by atoms with Crippen molar-refractivity contribution >= 4 is 21.8 Å². The molecular weight excluding hydrogens is 286 g/mol. The van der Waals surface area contributed by atoms with Crippen LogP contribution in [-0.2, 0) is 16.1 Å². The Kier molecular flexibility index (Phi) is 4.34. The molecule has 0 spiro atoms. The normalized spacial score (nSPS) is 11.2. The van der Waals surface area contributed by atoms with E-state index >= 15 is 0 Å². The molecule has 0 atom stereocenters. The number of hydrogen-bond donors (Lipinski definition) is 2. The summed E-state index contributed by atoms with van der Waals surface area (Å²) in [5.41, 5.74) is 1.85. The van der Waals surface area contributed by atoms with Crippen LogP contribution in [0.25, 0.3) is 0 Å². The van der Waals surface area contributed by atoms with Crippen LogP contribution in [0.4, 0.5) is 8.78 Å². The molecule has 1 amide bonds. The molecule has 16 heavy (non-hydrogen) atoms. The first-order valence-electron chi connectivity index (χ1n) is 4.23. The largest absolute Gasteiger partial charge is 0.438 e. The van der Waals surface area contributed by atoms with Crippen LogP contribution in [0.3, 0.4) is 0 Å². The Bertz CT molecular complexity index is 370. The maximum atomic E-state index is 12.9. The highest BCUT2D eigenvalue weighted by Crippen LogP contribution is 2.18. The molecule has 0 saturated heterocycles. The smallest absolute Gasteiger partial charge is 0.308 e. The van der Waals surface area contributed by atoms with E-state index in [9.17, 15) is 13.6 Å². The third kappa shape index (κ3) is 3.51. The number of hydrogen-bond acceptors (Lipinski definition) is 3. The quantitative estimate of drug-likeness (QED) is 0.503. The molecule has 4 nitrogen and oxygen atoms in total. The average molecular weight is 295 g/mol. The topological polar surface area (TPSA) is 64.3 Å². The molecule has 7 heteroatoms. The molecule has 1 aromatic carbocycles. The summed E-state index contributed by atoms with van der Waals surface area (Å²) in [6.45, 7) is -0.381. The fourth-order valence-corrected chi connectivity index (χ4v) is 1.17. The van der Waals surface area contributed by atoms with E-state index in [4.69, 9.17) is 0 Å². The van der Waals surface area contributed by atoms with E-state index in [0.717, 1.165) is 4.47 Å². The minimum absolute atomic E-state index is 0.381. The van der Waals surface area contributed by atoms with Gasteiger partial charge in [-0.1, -0.05) is 28.1 Å². The highest BCUT2D eigenvalue weighted by Gasteiger charge is 2.39. The Morgan fingerprint density at radius 2 is 2.00 bits per heavy atom. The molecule has 0 aliphatic carbocycles. The van der Waals surface area contributed by atoms with Crippen LogP contribution >= 0.6 is 15.9 Å². The van der Waals surface area contributed by atoms with Gasteiger partial charge in [-0.05, 0) is 17.7 Å². The SMILES string of the molecule is NNC(=O)C(F)(F)OCc1ccc(Br)cc1. The number of hydrazine groups is 1. The number of amides is 1. The lowest BCUT2D eigenvalue weighted by molar-refractivity contribution is -0.236. The molecule has 0 bridgehead atoms. The second-order valence-corrected chi connectivity index (χ2v) is 3.82. The predicted molar refractivity (Wildman–Crippen MR) is 56.2 cm³/mol. The Balaban J connectivity index is 2.57. The van der Waals surface area contributed by atoms with E-state index < -0.39 is 12.0 Å². The zero-order valence-electron chi connectivity index (χ0n) is 8.04. The molecule has 0 aliphatic rings. The van der Waals surface area contributed by atoms with Gasteiger partial charge in [0.25, 0.3) is 0 Å². The van der Waals surface area contributed by atoms with Gasteiger partial charge in [-0.2, -0.15) is 8.78 Å². The highest BCUT2D eigenvalue weighted by molar-refractivity contribution is 9.10.